The minimum atomic E-state index is -0.873. The Labute approximate surface area is 190 Å². The molecule has 32 heavy (non-hydrogen) atoms. The van der Waals surface area contributed by atoms with Crippen LogP contribution in [0, 0.1) is 20.8 Å². The summed E-state index contributed by atoms with van der Waals surface area (Å²) in [5, 5.41) is 5.41. The minimum Gasteiger partial charge on any atom is -0.444 e. The van der Waals surface area contributed by atoms with Gasteiger partial charge in [0.2, 0.25) is 5.91 Å². The first-order valence-corrected chi connectivity index (χ1v) is 10.6. The van der Waals surface area contributed by atoms with Gasteiger partial charge >= 0.3 is 6.09 Å². The molecule has 1 unspecified atom stereocenters. The maximum absolute atomic E-state index is 13.4. The summed E-state index contributed by atoms with van der Waals surface area (Å²) in [6, 6.07) is 12.3. The van der Waals surface area contributed by atoms with Crippen LogP contribution in [0.2, 0.25) is 0 Å². The van der Waals surface area contributed by atoms with Crippen LogP contribution in [0.15, 0.2) is 42.5 Å². The molecule has 3 amide bonds. The van der Waals surface area contributed by atoms with E-state index in [2.05, 4.69) is 10.6 Å². The summed E-state index contributed by atoms with van der Waals surface area (Å²) in [6.45, 7) is 10.7. The number of para-hydroxylation sites is 1. The van der Waals surface area contributed by atoms with E-state index in [1.165, 1.54) is 4.90 Å². The fourth-order valence-corrected chi connectivity index (χ4v) is 3.24. The highest BCUT2D eigenvalue weighted by Gasteiger charge is 2.31. The van der Waals surface area contributed by atoms with Crippen molar-refractivity contribution in [1.29, 1.82) is 0 Å². The highest BCUT2D eigenvalue weighted by Crippen LogP contribution is 2.27. The Morgan fingerprint density at radius 1 is 0.969 bits per heavy atom. The van der Waals surface area contributed by atoms with E-state index in [9.17, 15) is 14.4 Å². The first-order chi connectivity index (χ1) is 14.9. The number of hydrogen-bond acceptors (Lipinski definition) is 4. The van der Waals surface area contributed by atoms with E-state index in [0.717, 1.165) is 22.3 Å². The van der Waals surface area contributed by atoms with Crippen LogP contribution in [0.1, 0.15) is 49.1 Å². The highest BCUT2D eigenvalue weighted by molar-refractivity contribution is 5.99. The molecule has 2 rings (SSSR count). The zero-order valence-corrected chi connectivity index (χ0v) is 19.9. The quantitative estimate of drug-likeness (QED) is 0.703. The molecule has 0 spiro atoms. The van der Waals surface area contributed by atoms with Gasteiger partial charge in [-0.15, -0.1) is 0 Å². The molecular weight excluding hydrogens is 406 g/mol. The molecule has 0 radical (unpaired) electrons. The Kier molecular flexibility index (Phi) is 8.02. The second-order valence-electron chi connectivity index (χ2n) is 8.86. The number of ether oxygens (including phenoxy) is 1. The Bertz CT molecular complexity index is 995. The van der Waals surface area contributed by atoms with Crippen LogP contribution in [0.4, 0.5) is 10.5 Å². The number of nitrogens with one attached hydrogen (secondary N) is 2. The van der Waals surface area contributed by atoms with Crippen LogP contribution in [-0.2, 0) is 14.3 Å². The van der Waals surface area contributed by atoms with Crippen molar-refractivity contribution in [3.8, 4) is 0 Å². The fourth-order valence-electron chi connectivity index (χ4n) is 3.24. The summed E-state index contributed by atoms with van der Waals surface area (Å²) < 4.78 is 5.19. The average molecular weight is 440 g/mol. The molecule has 0 heterocycles. The van der Waals surface area contributed by atoms with Gasteiger partial charge in [0.1, 0.15) is 18.2 Å². The third kappa shape index (κ3) is 6.57. The van der Waals surface area contributed by atoms with Crippen molar-refractivity contribution in [3.05, 3.63) is 64.7 Å². The van der Waals surface area contributed by atoms with Crippen LogP contribution in [0.5, 0.6) is 0 Å². The van der Waals surface area contributed by atoms with Crippen molar-refractivity contribution in [2.75, 3.05) is 18.9 Å². The minimum absolute atomic E-state index is 0.287. The predicted octanol–water partition coefficient (Wildman–Crippen LogP) is 4.27. The highest BCUT2D eigenvalue weighted by atomic mass is 16.6. The molecule has 7 heteroatoms. The topological polar surface area (TPSA) is 87.7 Å². The fraction of sp³-hybridized carbons (Fsp3) is 0.400. The number of likely N-dealkylation sites (N-methyl/N-ethyl adjacent to an activating group) is 1. The van der Waals surface area contributed by atoms with Crippen LogP contribution in [-0.4, -0.2) is 42.0 Å². The second-order valence-corrected chi connectivity index (χ2v) is 8.86. The Hall–Kier alpha value is -3.35. The van der Waals surface area contributed by atoms with Gasteiger partial charge in [0, 0.05) is 12.7 Å². The van der Waals surface area contributed by atoms with Crippen molar-refractivity contribution in [3.63, 3.8) is 0 Å². The lowest BCUT2D eigenvalue weighted by Crippen LogP contribution is -2.44. The van der Waals surface area contributed by atoms with E-state index in [-0.39, 0.29) is 12.5 Å². The molecule has 2 aromatic rings. The molecule has 0 bridgehead atoms. The van der Waals surface area contributed by atoms with Crippen molar-refractivity contribution >= 4 is 23.6 Å². The van der Waals surface area contributed by atoms with Crippen molar-refractivity contribution < 1.29 is 19.1 Å². The molecule has 7 nitrogen and oxygen atoms in total. The maximum Gasteiger partial charge on any atom is 0.408 e. The number of aryl methyl sites for hydroxylation is 2. The first-order valence-electron chi connectivity index (χ1n) is 10.6. The second kappa shape index (κ2) is 10.3. The van der Waals surface area contributed by atoms with Crippen molar-refractivity contribution in [1.82, 2.24) is 10.2 Å². The SMILES string of the molecule is Cc1ccccc1NC(=O)C(c1cccc(C)c1C)N(C)C(=O)CNC(=O)OC(C)(C)C. The first kappa shape index (κ1) is 24.9. The van der Waals surface area contributed by atoms with E-state index in [4.69, 9.17) is 4.74 Å². The Balaban J connectivity index is 2.28. The molecule has 0 aromatic heterocycles. The van der Waals surface area contributed by atoms with Crippen LogP contribution < -0.4 is 10.6 Å². The zero-order valence-electron chi connectivity index (χ0n) is 19.9. The molecule has 0 saturated heterocycles. The molecule has 1 atom stereocenters. The number of anilines is 1. The van der Waals surface area contributed by atoms with Crippen molar-refractivity contribution in [2.24, 2.45) is 0 Å². The van der Waals surface area contributed by atoms with Crippen LogP contribution in [0.25, 0.3) is 0 Å². The third-order valence-corrected chi connectivity index (χ3v) is 5.16. The Morgan fingerprint density at radius 3 is 2.22 bits per heavy atom. The summed E-state index contributed by atoms with van der Waals surface area (Å²) in [6.07, 6.45) is -0.688. The van der Waals surface area contributed by atoms with E-state index < -0.39 is 23.6 Å². The van der Waals surface area contributed by atoms with Gasteiger partial charge in [0.25, 0.3) is 5.91 Å². The molecular formula is C25H33N3O4. The summed E-state index contributed by atoms with van der Waals surface area (Å²) in [4.78, 5) is 39.6. The lowest BCUT2D eigenvalue weighted by atomic mass is 9.95. The number of carbonyl (C=O) groups excluding carboxylic acids is 3. The summed E-state index contributed by atoms with van der Waals surface area (Å²) in [5.74, 6) is -0.747. The van der Waals surface area contributed by atoms with Gasteiger partial charge in [0.15, 0.2) is 0 Å². The number of rotatable bonds is 6. The zero-order chi connectivity index (χ0) is 24.1. The average Bonchev–Trinajstić information content (AvgIpc) is 2.70. The summed E-state index contributed by atoms with van der Waals surface area (Å²) in [5.41, 5.74) is 3.60. The van der Waals surface area contributed by atoms with E-state index >= 15 is 0 Å². The predicted molar refractivity (Wildman–Crippen MR) is 125 cm³/mol. The summed E-state index contributed by atoms with van der Waals surface area (Å²) >= 11 is 0. The number of amides is 3. The van der Waals surface area contributed by atoms with Gasteiger partial charge in [-0.25, -0.2) is 4.79 Å². The van der Waals surface area contributed by atoms with Crippen LogP contribution in [0.3, 0.4) is 0 Å². The van der Waals surface area contributed by atoms with Gasteiger partial charge in [-0.1, -0.05) is 36.4 Å². The molecule has 0 saturated carbocycles. The van der Waals surface area contributed by atoms with E-state index in [0.29, 0.717) is 5.69 Å². The van der Waals surface area contributed by atoms with Gasteiger partial charge in [-0.2, -0.15) is 0 Å². The summed E-state index contributed by atoms with van der Waals surface area (Å²) in [7, 11) is 1.56. The Morgan fingerprint density at radius 2 is 1.59 bits per heavy atom. The standard InChI is InChI=1S/C25H33N3O4/c1-16-12-10-13-19(18(16)3)22(23(30)27-20-14-9-8-11-17(20)2)28(7)21(29)15-26-24(31)32-25(4,5)6/h8-14,22H,15H2,1-7H3,(H,26,31)(H,27,30). The normalized spacial score (nSPS) is 12.0. The van der Waals surface area contributed by atoms with Gasteiger partial charge < -0.3 is 20.3 Å². The van der Waals surface area contributed by atoms with Gasteiger partial charge in [-0.3, -0.25) is 9.59 Å². The molecule has 172 valence electrons. The molecule has 0 fully saturated rings. The van der Waals surface area contributed by atoms with E-state index in [1.54, 1.807) is 27.8 Å². The smallest absolute Gasteiger partial charge is 0.408 e. The third-order valence-electron chi connectivity index (χ3n) is 5.16. The van der Waals surface area contributed by atoms with Crippen molar-refractivity contribution in [2.45, 2.75) is 53.2 Å². The molecule has 0 aliphatic rings. The number of hydrogen-bond donors (Lipinski definition) is 2. The molecule has 0 aliphatic carbocycles. The molecule has 2 aromatic carbocycles. The number of alkyl carbamates (subject to hydrolysis) is 1. The van der Waals surface area contributed by atoms with Crippen LogP contribution >= 0.6 is 0 Å². The number of benzene rings is 2. The number of carbonyl (C=O) groups is 3. The lowest BCUT2D eigenvalue weighted by molar-refractivity contribution is -0.136. The number of nitrogens with zero attached hydrogens (tertiary/aromatic N) is 1. The monoisotopic (exact) mass is 439 g/mol. The molecule has 2 N–H and O–H groups in total. The van der Waals surface area contributed by atoms with Gasteiger partial charge in [-0.05, 0) is 69.9 Å². The van der Waals surface area contributed by atoms with E-state index in [1.807, 2.05) is 63.2 Å². The maximum atomic E-state index is 13.4. The largest absolute Gasteiger partial charge is 0.444 e. The van der Waals surface area contributed by atoms with Gasteiger partial charge in [0.05, 0.1) is 0 Å². The lowest BCUT2D eigenvalue weighted by Gasteiger charge is -2.30. The molecule has 0 aliphatic heterocycles.